The van der Waals surface area contributed by atoms with E-state index in [9.17, 15) is 0 Å². The Morgan fingerprint density at radius 1 is 0.657 bits per heavy atom. The summed E-state index contributed by atoms with van der Waals surface area (Å²) in [4.78, 5) is 0. The van der Waals surface area contributed by atoms with Gasteiger partial charge in [-0.1, -0.05) is 100 Å². The fourth-order valence-electron chi connectivity index (χ4n) is 5.29. The van der Waals surface area contributed by atoms with Crippen LogP contribution in [0.15, 0.2) is 91.0 Å². The van der Waals surface area contributed by atoms with E-state index in [0.717, 1.165) is 0 Å². The summed E-state index contributed by atoms with van der Waals surface area (Å²) in [5.41, 5.74) is 11.6. The Morgan fingerprint density at radius 2 is 1.29 bits per heavy atom. The summed E-state index contributed by atoms with van der Waals surface area (Å²) >= 11 is 0. The largest absolute Gasteiger partial charge is 0.295 e. The minimum atomic E-state index is 0.416. The van der Waals surface area contributed by atoms with Gasteiger partial charge in [0.1, 0.15) is 5.69 Å². The zero-order valence-corrected chi connectivity index (χ0v) is 21.7. The summed E-state index contributed by atoms with van der Waals surface area (Å²) in [6.45, 7) is 11.4. The van der Waals surface area contributed by atoms with Gasteiger partial charge in [-0.25, -0.2) is 4.57 Å². The van der Waals surface area contributed by atoms with E-state index in [4.69, 9.17) is 0 Å². The first-order valence-electron chi connectivity index (χ1n) is 12.7. The van der Waals surface area contributed by atoms with Crippen LogP contribution in [-0.2, 0) is 7.05 Å². The highest BCUT2D eigenvalue weighted by atomic mass is 15.2. The second-order valence-corrected chi connectivity index (χ2v) is 10.2. The molecule has 2 heteroatoms. The molecular weight excluding hydrogens is 424 g/mol. The van der Waals surface area contributed by atoms with Crippen molar-refractivity contribution in [1.82, 2.24) is 4.57 Å². The first-order valence-corrected chi connectivity index (χ1v) is 12.7. The van der Waals surface area contributed by atoms with E-state index in [0.29, 0.717) is 11.8 Å². The third kappa shape index (κ3) is 3.97. The third-order valence-electron chi connectivity index (χ3n) is 7.17. The normalized spacial score (nSPS) is 11.7. The van der Waals surface area contributed by atoms with Gasteiger partial charge in [-0.3, -0.25) is 0 Å². The summed E-state index contributed by atoms with van der Waals surface area (Å²) in [7, 11) is 2.20. The molecule has 0 spiro atoms. The lowest BCUT2D eigenvalue weighted by Gasteiger charge is -2.18. The Bertz CT molecular complexity index is 1480. The van der Waals surface area contributed by atoms with Gasteiger partial charge in [-0.15, -0.1) is 0 Å². The number of benzene rings is 4. The fourth-order valence-corrected chi connectivity index (χ4v) is 5.29. The topological polar surface area (TPSA) is 8.81 Å². The molecule has 0 aliphatic heterocycles. The second-order valence-electron chi connectivity index (χ2n) is 10.2. The molecule has 4 aromatic carbocycles. The number of aromatic nitrogens is 2. The highest BCUT2D eigenvalue weighted by Crippen LogP contribution is 2.38. The molecule has 0 saturated carbocycles. The quantitative estimate of drug-likeness (QED) is 0.234. The molecule has 1 heterocycles. The van der Waals surface area contributed by atoms with Crippen LogP contribution in [0.25, 0.3) is 39.2 Å². The third-order valence-corrected chi connectivity index (χ3v) is 7.17. The van der Waals surface area contributed by atoms with Crippen molar-refractivity contribution in [3.63, 3.8) is 0 Å². The van der Waals surface area contributed by atoms with Crippen molar-refractivity contribution in [2.75, 3.05) is 0 Å². The first kappa shape index (κ1) is 23.1. The van der Waals surface area contributed by atoms with Crippen molar-refractivity contribution in [2.45, 2.75) is 46.5 Å². The van der Waals surface area contributed by atoms with E-state index in [1.54, 1.807) is 0 Å². The van der Waals surface area contributed by atoms with Crippen LogP contribution < -0.4 is 4.57 Å². The lowest BCUT2D eigenvalue weighted by atomic mass is 9.92. The lowest BCUT2D eigenvalue weighted by molar-refractivity contribution is -0.633. The van der Waals surface area contributed by atoms with Crippen molar-refractivity contribution in [2.24, 2.45) is 7.05 Å². The summed E-state index contributed by atoms with van der Waals surface area (Å²) in [6.07, 6.45) is 0. The number of aryl methyl sites for hydroxylation is 2. The molecule has 1 aromatic heterocycles. The van der Waals surface area contributed by atoms with Crippen LogP contribution in [-0.4, -0.2) is 4.57 Å². The maximum Gasteiger partial charge on any atom is 0.295 e. The standard InChI is InChI=1S/C33H35N2/c1-22(2)27-15-12-16-28(23(3)4)32(27)35-31-18-11-10-17-30(31)34(6)33(35)29-21-26(20-19-24(29)5)25-13-8-7-9-14-25/h7-23H,1-6H3/q+1. The molecule has 0 aliphatic rings. The molecule has 176 valence electrons. The molecule has 0 amide bonds. The van der Waals surface area contributed by atoms with E-state index in [1.165, 1.54) is 55.9 Å². The van der Waals surface area contributed by atoms with Crippen LogP contribution in [0.3, 0.4) is 0 Å². The number of para-hydroxylation sites is 3. The molecule has 2 nitrogen and oxygen atoms in total. The first-order chi connectivity index (χ1) is 16.9. The van der Waals surface area contributed by atoms with Crippen molar-refractivity contribution in [3.05, 3.63) is 108 Å². The van der Waals surface area contributed by atoms with Crippen molar-refractivity contribution in [3.8, 4) is 28.2 Å². The van der Waals surface area contributed by atoms with Gasteiger partial charge in [0.25, 0.3) is 5.82 Å². The Labute approximate surface area is 209 Å². The zero-order chi connectivity index (χ0) is 24.7. The molecular formula is C33H35N2+. The summed E-state index contributed by atoms with van der Waals surface area (Å²) < 4.78 is 4.89. The number of imidazole rings is 1. The van der Waals surface area contributed by atoms with Crippen LogP contribution in [0.4, 0.5) is 0 Å². The van der Waals surface area contributed by atoms with Crippen molar-refractivity contribution in [1.29, 1.82) is 0 Å². The Hall–Kier alpha value is -3.65. The van der Waals surface area contributed by atoms with Crippen molar-refractivity contribution >= 4 is 11.0 Å². The number of hydrogen-bond acceptors (Lipinski definition) is 0. The SMILES string of the molecule is Cc1ccc(-c2ccccc2)cc1-c1n(-c2c(C(C)C)cccc2C(C)C)c2ccccc2[n+]1C. The molecule has 5 aromatic rings. The van der Waals surface area contributed by atoms with E-state index >= 15 is 0 Å². The van der Waals surface area contributed by atoms with Gasteiger partial charge in [-0.2, -0.15) is 4.57 Å². The summed E-state index contributed by atoms with van der Waals surface area (Å²) in [6, 6.07) is 33.2. The average molecular weight is 460 g/mol. The second kappa shape index (κ2) is 9.19. The smallest absolute Gasteiger partial charge is 0.225 e. The average Bonchev–Trinajstić information content (AvgIpc) is 3.16. The van der Waals surface area contributed by atoms with Crippen LogP contribution in [0, 0.1) is 6.92 Å². The number of nitrogens with zero attached hydrogens (tertiary/aromatic N) is 2. The molecule has 35 heavy (non-hydrogen) atoms. The molecule has 0 aliphatic carbocycles. The van der Waals surface area contributed by atoms with Gasteiger partial charge in [-0.05, 0) is 53.6 Å². The maximum absolute atomic E-state index is 2.52. The highest BCUT2D eigenvalue weighted by Gasteiger charge is 2.31. The molecule has 0 saturated heterocycles. The van der Waals surface area contributed by atoms with Crippen LogP contribution in [0.5, 0.6) is 0 Å². The maximum atomic E-state index is 2.52. The minimum absolute atomic E-state index is 0.416. The van der Waals surface area contributed by atoms with E-state index in [-0.39, 0.29) is 0 Å². The van der Waals surface area contributed by atoms with Gasteiger partial charge < -0.3 is 0 Å². The van der Waals surface area contributed by atoms with Crippen molar-refractivity contribution < 1.29 is 4.57 Å². The van der Waals surface area contributed by atoms with Crippen LogP contribution >= 0.6 is 0 Å². The van der Waals surface area contributed by atoms with Gasteiger partial charge in [0.2, 0.25) is 0 Å². The van der Waals surface area contributed by atoms with Gasteiger partial charge in [0, 0.05) is 11.1 Å². The summed E-state index contributed by atoms with van der Waals surface area (Å²) in [5.74, 6) is 2.05. The number of rotatable bonds is 5. The summed E-state index contributed by atoms with van der Waals surface area (Å²) in [5, 5.41) is 0. The Kier molecular flexibility index (Phi) is 6.06. The van der Waals surface area contributed by atoms with Gasteiger partial charge in [0.05, 0.1) is 12.6 Å². The fraction of sp³-hybridized carbons (Fsp3) is 0.242. The molecule has 0 atom stereocenters. The van der Waals surface area contributed by atoms with Crippen LogP contribution in [0.1, 0.15) is 56.2 Å². The predicted octanol–water partition coefficient (Wildman–Crippen LogP) is 8.34. The lowest BCUT2D eigenvalue weighted by Crippen LogP contribution is -2.30. The number of fused-ring (bicyclic) bond motifs is 1. The Morgan fingerprint density at radius 3 is 1.94 bits per heavy atom. The Balaban J connectivity index is 1.91. The molecule has 0 fully saturated rings. The molecule has 0 unspecified atom stereocenters. The van der Waals surface area contributed by atoms with E-state index in [1.807, 2.05) is 0 Å². The molecule has 0 N–H and O–H groups in total. The van der Waals surface area contributed by atoms with E-state index < -0.39 is 0 Å². The predicted molar refractivity (Wildman–Crippen MR) is 148 cm³/mol. The molecule has 5 rings (SSSR count). The molecule has 0 radical (unpaired) electrons. The highest BCUT2D eigenvalue weighted by molar-refractivity contribution is 5.82. The van der Waals surface area contributed by atoms with Crippen LogP contribution in [0.2, 0.25) is 0 Å². The molecule has 0 bridgehead atoms. The number of hydrogen-bond donors (Lipinski definition) is 0. The van der Waals surface area contributed by atoms with Gasteiger partial charge >= 0.3 is 0 Å². The monoisotopic (exact) mass is 459 g/mol. The minimum Gasteiger partial charge on any atom is -0.225 e. The van der Waals surface area contributed by atoms with E-state index in [2.05, 4.69) is 142 Å². The zero-order valence-electron chi connectivity index (χ0n) is 21.7. The van der Waals surface area contributed by atoms with Gasteiger partial charge in [0.15, 0.2) is 11.0 Å².